The van der Waals surface area contributed by atoms with E-state index in [9.17, 15) is 9.59 Å². The second-order valence-corrected chi connectivity index (χ2v) is 10.2. The molecule has 152 valence electrons. The number of anilines is 1. The number of esters is 1. The lowest BCUT2D eigenvalue weighted by molar-refractivity contribution is -0.117. The highest BCUT2D eigenvalue weighted by Gasteiger charge is 2.30. The van der Waals surface area contributed by atoms with Crippen LogP contribution in [0.25, 0.3) is 0 Å². The third-order valence-corrected chi connectivity index (χ3v) is 6.34. The van der Waals surface area contributed by atoms with Crippen LogP contribution in [0.3, 0.4) is 0 Å². The minimum Gasteiger partial charge on any atom is -0.462 e. The Bertz CT molecular complexity index is 672. The average Bonchev–Trinajstić information content (AvgIpc) is 2.89. The fourth-order valence-corrected chi connectivity index (χ4v) is 5.49. The highest BCUT2D eigenvalue weighted by molar-refractivity contribution is 7.17. The summed E-state index contributed by atoms with van der Waals surface area (Å²) in [5.41, 5.74) is 1.90. The Hall–Kier alpha value is -1.36. The monoisotopic (exact) mass is 393 g/mol. The Morgan fingerprint density at radius 1 is 1.30 bits per heavy atom. The molecular formula is C22H35NO3S. The topological polar surface area (TPSA) is 55.4 Å². The molecule has 4 nitrogen and oxygen atoms in total. The first kappa shape index (κ1) is 21.9. The largest absolute Gasteiger partial charge is 0.462 e. The maximum Gasteiger partial charge on any atom is 0.341 e. The zero-order valence-corrected chi connectivity index (χ0v) is 18.6. The van der Waals surface area contributed by atoms with Crippen LogP contribution in [0.1, 0.15) is 88.0 Å². The summed E-state index contributed by atoms with van der Waals surface area (Å²) in [5, 5.41) is 3.72. The van der Waals surface area contributed by atoms with E-state index >= 15 is 0 Å². The molecule has 1 N–H and O–H groups in total. The fourth-order valence-electron chi connectivity index (χ4n) is 4.12. The standard InChI is InChI=1S/C22H35NO3S/c1-7-15-9-10-16-17(12-15)27-20(19(16)21(25)26-8-2)23-18(24)11-14(3)13-22(4,5)6/h14-15H,7-13H2,1-6H3,(H,23,24)/t14-,15-/m1/s1. The lowest BCUT2D eigenvalue weighted by Gasteiger charge is -2.22. The SMILES string of the molecule is CCOC(=O)c1c(NC(=O)C[C@@H](C)CC(C)(C)C)sc2c1CC[C@@H](CC)C2. The van der Waals surface area contributed by atoms with Crippen molar-refractivity contribution in [1.29, 1.82) is 0 Å². The van der Waals surface area contributed by atoms with Gasteiger partial charge in [0.2, 0.25) is 5.91 Å². The molecule has 2 atom stereocenters. The van der Waals surface area contributed by atoms with Crippen LogP contribution in [0.5, 0.6) is 0 Å². The van der Waals surface area contributed by atoms with Gasteiger partial charge in [-0.1, -0.05) is 41.0 Å². The number of carbonyl (C=O) groups excluding carboxylic acids is 2. The van der Waals surface area contributed by atoms with Gasteiger partial charge in [-0.2, -0.15) is 0 Å². The number of amides is 1. The van der Waals surface area contributed by atoms with Crippen LogP contribution in [-0.4, -0.2) is 18.5 Å². The van der Waals surface area contributed by atoms with Gasteiger partial charge in [-0.15, -0.1) is 11.3 Å². The van der Waals surface area contributed by atoms with E-state index < -0.39 is 0 Å². The molecule has 0 saturated heterocycles. The first-order chi connectivity index (χ1) is 12.6. The van der Waals surface area contributed by atoms with Crippen molar-refractivity contribution in [1.82, 2.24) is 0 Å². The molecule has 0 saturated carbocycles. The van der Waals surface area contributed by atoms with Gasteiger partial charge in [0, 0.05) is 11.3 Å². The number of nitrogens with one attached hydrogen (secondary N) is 1. The quantitative estimate of drug-likeness (QED) is 0.592. The van der Waals surface area contributed by atoms with Gasteiger partial charge in [0.25, 0.3) is 0 Å². The lowest BCUT2D eigenvalue weighted by atomic mass is 9.84. The van der Waals surface area contributed by atoms with Crippen LogP contribution in [0, 0.1) is 17.3 Å². The molecule has 0 aliphatic heterocycles. The van der Waals surface area contributed by atoms with Crippen molar-refractivity contribution < 1.29 is 14.3 Å². The van der Waals surface area contributed by atoms with Crippen molar-refractivity contribution in [2.75, 3.05) is 11.9 Å². The highest BCUT2D eigenvalue weighted by Crippen LogP contribution is 2.41. The molecule has 27 heavy (non-hydrogen) atoms. The zero-order valence-electron chi connectivity index (χ0n) is 17.7. The molecule has 1 aromatic heterocycles. The third kappa shape index (κ3) is 6.06. The van der Waals surface area contributed by atoms with Crippen molar-refractivity contribution in [3.63, 3.8) is 0 Å². The molecule has 0 spiro atoms. The number of rotatable bonds is 7. The molecule has 1 amide bonds. The Labute approximate surface area is 168 Å². The van der Waals surface area contributed by atoms with Crippen LogP contribution in [-0.2, 0) is 22.4 Å². The van der Waals surface area contributed by atoms with E-state index in [2.05, 4.69) is 39.9 Å². The van der Waals surface area contributed by atoms with E-state index in [0.717, 1.165) is 37.7 Å². The maximum absolute atomic E-state index is 12.6. The fraction of sp³-hybridized carbons (Fsp3) is 0.727. The maximum atomic E-state index is 12.6. The van der Waals surface area contributed by atoms with Crippen LogP contribution in [0.4, 0.5) is 5.00 Å². The van der Waals surface area contributed by atoms with Crippen molar-refractivity contribution in [2.45, 2.75) is 80.1 Å². The van der Waals surface area contributed by atoms with Gasteiger partial charge in [0.15, 0.2) is 0 Å². The smallest absolute Gasteiger partial charge is 0.341 e. The van der Waals surface area contributed by atoms with Crippen molar-refractivity contribution in [2.24, 2.45) is 17.3 Å². The van der Waals surface area contributed by atoms with Crippen LogP contribution in [0.2, 0.25) is 0 Å². The molecule has 1 aliphatic carbocycles. The minimum atomic E-state index is -0.303. The van der Waals surface area contributed by atoms with Gasteiger partial charge >= 0.3 is 5.97 Å². The van der Waals surface area contributed by atoms with Gasteiger partial charge in [0.05, 0.1) is 12.2 Å². The molecule has 1 heterocycles. The molecule has 5 heteroatoms. The number of ether oxygens (including phenoxy) is 1. The van der Waals surface area contributed by atoms with Gasteiger partial charge < -0.3 is 10.1 Å². The Balaban J connectivity index is 2.18. The van der Waals surface area contributed by atoms with Gasteiger partial charge in [-0.05, 0) is 55.4 Å². The number of carbonyl (C=O) groups is 2. The molecular weight excluding hydrogens is 358 g/mol. The van der Waals surface area contributed by atoms with Crippen molar-refractivity contribution in [3.8, 4) is 0 Å². The van der Waals surface area contributed by atoms with E-state index in [1.54, 1.807) is 11.3 Å². The van der Waals surface area contributed by atoms with E-state index in [4.69, 9.17) is 4.74 Å². The van der Waals surface area contributed by atoms with Gasteiger partial charge in [0.1, 0.15) is 5.00 Å². The van der Waals surface area contributed by atoms with Crippen LogP contribution in [0.15, 0.2) is 0 Å². The number of hydrogen-bond acceptors (Lipinski definition) is 4. The summed E-state index contributed by atoms with van der Waals surface area (Å²) in [6.45, 7) is 13.1. The first-order valence-electron chi connectivity index (χ1n) is 10.3. The summed E-state index contributed by atoms with van der Waals surface area (Å²) in [6, 6.07) is 0. The Morgan fingerprint density at radius 3 is 2.59 bits per heavy atom. The van der Waals surface area contributed by atoms with E-state index in [0.29, 0.717) is 35.4 Å². The van der Waals surface area contributed by atoms with E-state index in [1.165, 1.54) is 4.88 Å². The van der Waals surface area contributed by atoms with Crippen LogP contribution >= 0.6 is 11.3 Å². The molecule has 0 fully saturated rings. The third-order valence-electron chi connectivity index (χ3n) is 5.17. The molecule has 2 rings (SSSR count). The van der Waals surface area contributed by atoms with Gasteiger partial charge in [-0.25, -0.2) is 4.79 Å². The normalized spacial score (nSPS) is 17.9. The zero-order chi connectivity index (χ0) is 20.2. The molecule has 0 bridgehead atoms. The summed E-state index contributed by atoms with van der Waals surface area (Å²) < 4.78 is 5.29. The second kappa shape index (κ2) is 9.22. The number of thiophene rings is 1. The Morgan fingerprint density at radius 2 is 2.00 bits per heavy atom. The summed E-state index contributed by atoms with van der Waals surface area (Å²) in [4.78, 5) is 26.4. The lowest BCUT2D eigenvalue weighted by Crippen LogP contribution is -2.20. The molecule has 0 radical (unpaired) electrons. The average molecular weight is 394 g/mol. The van der Waals surface area contributed by atoms with E-state index in [-0.39, 0.29) is 17.3 Å². The predicted molar refractivity (Wildman–Crippen MR) is 113 cm³/mol. The summed E-state index contributed by atoms with van der Waals surface area (Å²) in [5.74, 6) is 0.655. The van der Waals surface area contributed by atoms with E-state index in [1.807, 2.05) is 6.92 Å². The van der Waals surface area contributed by atoms with Gasteiger partial charge in [-0.3, -0.25) is 4.79 Å². The predicted octanol–water partition coefficient (Wildman–Crippen LogP) is 5.84. The number of fused-ring (bicyclic) bond motifs is 1. The van der Waals surface area contributed by atoms with Crippen molar-refractivity contribution in [3.05, 3.63) is 16.0 Å². The highest BCUT2D eigenvalue weighted by atomic mass is 32.1. The minimum absolute atomic E-state index is 0.0112. The van der Waals surface area contributed by atoms with Crippen molar-refractivity contribution >= 4 is 28.2 Å². The first-order valence-corrected chi connectivity index (χ1v) is 11.1. The number of hydrogen-bond donors (Lipinski definition) is 1. The second-order valence-electron chi connectivity index (χ2n) is 9.07. The molecule has 0 aromatic carbocycles. The summed E-state index contributed by atoms with van der Waals surface area (Å²) >= 11 is 1.57. The summed E-state index contributed by atoms with van der Waals surface area (Å²) in [7, 11) is 0. The summed E-state index contributed by atoms with van der Waals surface area (Å²) in [6.07, 6.45) is 5.61. The van der Waals surface area contributed by atoms with Crippen LogP contribution < -0.4 is 5.32 Å². The Kier molecular flexibility index (Phi) is 7.49. The molecule has 0 unspecified atom stereocenters. The molecule has 1 aromatic rings. The molecule has 1 aliphatic rings.